The molecular formula is C20H20ClN5OS. The number of halogens is 1. The molecule has 0 saturated carbocycles. The van der Waals surface area contributed by atoms with Gasteiger partial charge in [0, 0.05) is 17.1 Å². The van der Waals surface area contributed by atoms with Gasteiger partial charge in [0.2, 0.25) is 11.1 Å². The number of nitrogens with one attached hydrogen (secondary N) is 2. The number of carbonyl (C=O) groups is 1. The fraction of sp³-hybridized carbons (Fsp3) is 0.250. The molecule has 2 N–H and O–H groups in total. The SMILES string of the molecule is CCCc1nnc2n1N[C@@H](c1ccc(Cl)cc1)[C@@H](C(=O)Nc1ccccc1)S2. The number of aromatic nitrogens is 3. The highest BCUT2D eigenvalue weighted by atomic mass is 35.5. The molecule has 2 aromatic carbocycles. The maximum atomic E-state index is 13.1. The van der Waals surface area contributed by atoms with Gasteiger partial charge >= 0.3 is 0 Å². The second kappa shape index (κ2) is 8.24. The van der Waals surface area contributed by atoms with Crippen LogP contribution < -0.4 is 10.7 Å². The lowest BCUT2D eigenvalue weighted by molar-refractivity contribution is -0.116. The summed E-state index contributed by atoms with van der Waals surface area (Å²) in [6.45, 7) is 2.10. The number of anilines is 1. The van der Waals surface area contributed by atoms with Gasteiger partial charge in [0.15, 0.2) is 5.82 Å². The number of amides is 1. The van der Waals surface area contributed by atoms with E-state index in [1.54, 1.807) is 0 Å². The van der Waals surface area contributed by atoms with E-state index in [0.717, 1.165) is 29.9 Å². The van der Waals surface area contributed by atoms with Crippen LogP contribution in [-0.2, 0) is 11.2 Å². The van der Waals surface area contributed by atoms with Gasteiger partial charge in [-0.15, -0.1) is 10.2 Å². The van der Waals surface area contributed by atoms with Gasteiger partial charge in [0.25, 0.3) is 0 Å². The average Bonchev–Trinajstić information content (AvgIpc) is 3.11. The Morgan fingerprint density at radius 2 is 1.93 bits per heavy atom. The van der Waals surface area contributed by atoms with E-state index in [1.165, 1.54) is 11.8 Å². The van der Waals surface area contributed by atoms with Crippen molar-refractivity contribution in [2.24, 2.45) is 0 Å². The standard InChI is InChI=1S/C20H20ClN5OS/c1-2-6-16-23-24-20-26(16)25-17(13-9-11-14(21)12-10-13)18(28-20)19(27)22-15-7-4-3-5-8-15/h3-5,7-12,17-18,25H,2,6H2,1H3,(H,22,27)/t17-,18-/m0/s1. The Morgan fingerprint density at radius 3 is 2.64 bits per heavy atom. The Bertz CT molecular complexity index is 960. The first kappa shape index (κ1) is 18.8. The van der Waals surface area contributed by atoms with Crippen LogP contribution in [0.2, 0.25) is 5.02 Å². The van der Waals surface area contributed by atoms with Crippen LogP contribution in [0.4, 0.5) is 5.69 Å². The van der Waals surface area contributed by atoms with E-state index in [4.69, 9.17) is 11.6 Å². The van der Waals surface area contributed by atoms with Crippen molar-refractivity contribution in [3.63, 3.8) is 0 Å². The summed E-state index contributed by atoms with van der Waals surface area (Å²) in [5.74, 6) is 0.779. The monoisotopic (exact) mass is 413 g/mol. The van der Waals surface area contributed by atoms with E-state index < -0.39 is 5.25 Å². The molecule has 0 unspecified atom stereocenters. The van der Waals surface area contributed by atoms with E-state index in [9.17, 15) is 4.79 Å². The average molecular weight is 414 g/mol. The summed E-state index contributed by atoms with van der Waals surface area (Å²) >= 11 is 7.48. The van der Waals surface area contributed by atoms with Gasteiger partial charge < -0.3 is 10.7 Å². The largest absolute Gasteiger partial charge is 0.325 e. The van der Waals surface area contributed by atoms with Gasteiger partial charge in [0.05, 0.1) is 6.04 Å². The van der Waals surface area contributed by atoms with E-state index in [1.807, 2.05) is 59.3 Å². The molecule has 2 heterocycles. The number of thioether (sulfide) groups is 1. The molecule has 1 aliphatic rings. The van der Waals surface area contributed by atoms with Crippen LogP contribution in [0.15, 0.2) is 59.8 Å². The summed E-state index contributed by atoms with van der Waals surface area (Å²) in [7, 11) is 0. The number of rotatable bonds is 5. The molecule has 0 fully saturated rings. The fourth-order valence-corrected chi connectivity index (χ4v) is 4.36. The topological polar surface area (TPSA) is 71.8 Å². The zero-order chi connectivity index (χ0) is 19.5. The Kier molecular flexibility index (Phi) is 5.54. The van der Waals surface area contributed by atoms with Crippen molar-refractivity contribution in [2.75, 3.05) is 10.7 Å². The Hall–Kier alpha value is -2.51. The van der Waals surface area contributed by atoms with E-state index in [0.29, 0.717) is 10.2 Å². The van der Waals surface area contributed by atoms with Crippen LogP contribution in [0.5, 0.6) is 0 Å². The quantitative estimate of drug-likeness (QED) is 0.653. The molecular weight excluding hydrogens is 394 g/mol. The Balaban J connectivity index is 1.66. The van der Waals surface area contributed by atoms with Crippen LogP contribution in [0.25, 0.3) is 0 Å². The number of hydrogen-bond acceptors (Lipinski definition) is 5. The zero-order valence-electron chi connectivity index (χ0n) is 15.3. The molecule has 0 aliphatic carbocycles. The van der Waals surface area contributed by atoms with Crippen LogP contribution in [0, 0.1) is 0 Å². The van der Waals surface area contributed by atoms with Crippen molar-refractivity contribution in [1.29, 1.82) is 0 Å². The molecule has 1 aromatic heterocycles. The number of hydrogen-bond donors (Lipinski definition) is 2. The van der Waals surface area contributed by atoms with Gasteiger partial charge in [-0.2, -0.15) is 0 Å². The van der Waals surface area contributed by atoms with Gasteiger partial charge in [-0.1, -0.05) is 60.6 Å². The fourth-order valence-electron chi connectivity index (χ4n) is 3.14. The minimum Gasteiger partial charge on any atom is -0.325 e. The molecule has 0 radical (unpaired) electrons. The zero-order valence-corrected chi connectivity index (χ0v) is 16.9. The van der Waals surface area contributed by atoms with E-state index in [2.05, 4.69) is 27.9 Å². The van der Waals surface area contributed by atoms with Crippen LogP contribution in [-0.4, -0.2) is 26.0 Å². The molecule has 0 saturated heterocycles. The molecule has 3 aromatic rings. The predicted octanol–water partition coefficient (Wildman–Crippen LogP) is 4.28. The van der Waals surface area contributed by atoms with Gasteiger partial charge in [-0.3, -0.25) is 4.79 Å². The van der Waals surface area contributed by atoms with E-state index >= 15 is 0 Å². The molecule has 1 aliphatic heterocycles. The minimum absolute atomic E-state index is 0.0880. The van der Waals surface area contributed by atoms with Crippen LogP contribution >= 0.6 is 23.4 Å². The lowest BCUT2D eigenvalue weighted by atomic mass is 10.0. The third kappa shape index (κ3) is 3.86. The summed E-state index contributed by atoms with van der Waals surface area (Å²) in [5.41, 5.74) is 5.19. The Labute approximate surface area is 172 Å². The van der Waals surface area contributed by atoms with E-state index in [-0.39, 0.29) is 11.9 Å². The number of fused-ring (bicyclic) bond motifs is 1. The van der Waals surface area contributed by atoms with Crippen molar-refractivity contribution in [3.05, 3.63) is 71.0 Å². The molecule has 0 spiro atoms. The maximum absolute atomic E-state index is 13.1. The Morgan fingerprint density at radius 1 is 1.18 bits per heavy atom. The van der Waals surface area contributed by atoms with Crippen molar-refractivity contribution >= 4 is 35.0 Å². The number of carbonyl (C=O) groups excluding carboxylic acids is 1. The molecule has 0 bridgehead atoms. The summed E-state index contributed by atoms with van der Waals surface area (Å²) in [6, 6.07) is 16.8. The third-order valence-corrected chi connectivity index (χ3v) is 5.97. The number of benzene rings is 2. The van der Waals surface area contributed by atoms with Crippen molar-refractivity contribution < 1.29 is 4.79 Å². The lowest BCUT2D eigenvalue weighted by Crippen LogP contribution is -2.41. The second-order valence-electron chi connectivity index (χ2n) is 6.54. The van der Waals surface area contributed by atoms with Crippen molar-refractivity contribution in [3.8, 4) is 0 Å². The number of aryl methyl sites for hydroxylation is 1. The lowest BCUT2D eigenvalue weighted by Gasteiger charge is -2.33. The first-order valence-corrected chi connectivity index (χ1v) is 10.4. The highest BCUT2D eigenvalue weighted by Gasteiger charge is 2.37. The highest BCUT2D eigenvalue weighted by molar-refractivity contribution is 8.00. The summed E-state index contributed by atoms with van der Waals surface area (Å²) in [6.07, 6.45) is 1.78. The number of nitrogens with zero attached hydrogens (tertiary/aromatic N) is 3. The second-order valence-corrected chi connectivity index (χ2v) is 8.08. The maximum Gasteiger partial charge on any atom is 0.240 e. The highest BCUT2D eigenvalue weighted by Crippen LogP contribution is 2.38. The third-order valence-electron chi connectivity index (χ3n) is 4.51. The minimum atomic E-state index is -0.410. The molecule has 144 valence electrons. The normalized spacial score (nSPS) is 18.2. The van der Waals surface area contributed by atoms with Crippen LogP contribution in [0.1, 0.15) is 30.8 Å². The molecule has 28 heavy (non-hydrogen) atoms. The van der Waals surface area contributed by atoms with Gasteiger partial charge in [0.1, 0.15) is 5.25 Å². The first-order valence-electron chi connectivity index (χ1n) is 9.14. The molecule has 6 nitrogen and oxygen atoms in total. The molecule has 8 heteroatoms. The molecule has 2 atom stereocenters. The summed E-state index contributed by atoms with van der Waals surface area (Å²) < 4.78 is 1.90. The van der Waals surface area contributed by atoms with Gasteiger partial charge in [-0.25, -0.2) is 4.68 Å². The smallest absolute Gasteiger partial charge is 0.240 e. The van der Waals surface area contributed by atoms with Crippen molar-refractivity contribution in [1.82, 2.24) is 14.9 Å². The first-order chi connectivity index (χ1) is 13.7. The summed E-state index contributed by atoms with van der Waals surface area (Å²) in [5, 5.41) is 12.5. The predicted molar refractivity (Wildman–Crippen MR) is 112 cm³/mol. The van der Waals surface area contributed by atoms with Gasteiger partial charge in [-0.05, 0) is 36.2 Å². The summed E-state index contributed by atoms with van der Waals surface area (Å²) in [4.78, 5) is 13.1. The van der Waals surface area contributed by atoms with Crippen LogP contribution in [0.3, 0.4) is 0 Å². The van der Waals surface area contributed by atoms with Crippen molar-refractivity contribution in [2.45, 2.75) is 36.2 Å². The molecule has 4 rings (SSSR count). The molecule has 1 amide bonds. The number of para-hydroxylation sites is 1.